The summed E-state index contributed by atoms with van der Waals surface area (Å²) in [5.41, 5.74) is 4.26. The van der Waals surface area contributed by atoms with E-state index in [9.17, 15) is 9.50 Å². The van der Waals surface area contributed by atoms with Crippen LogP contribution in [0, 0.1) is 74.8 Å². The maximum absolute atomic E-state index is 14.4. The van der Waals surface area contributed by atoms with Gasteiger partial charge < -0.3 is 43.8 Å². The smallest absolute Gasteiger partial charge is 0.167 e. The predicted molar refractivity (Wildman–Crippen MR) is 310 cm³/mol. The second-order valence-electron chi connectivity index (χ2n) is 24.9. The van der Waals surface area contributed by atoms with Crippen molar-refractivity contribution in [2.24, 2.45) is 34.0 Å². The maximum atomic E-state index is 14.4. The summed E-state index contributed by atoms with van der Waals surface area (Å²) in [5.74, 6) is 6.57. The fourth-order valence-corrected chi connectivity index (χ4v) is 14.1. The summed E-state index contributed by atoms with van der Waals surface area (Å²) in [6, 6.07) is 28.1. The minimum Gasteiger partial charge on any atom is -0.494 e. The molecule has 9 aliphatic heterocycles. The van der Waals surface area contributed by atoms with Gasteiger partial charge in [0.15, 0.2) is 11.6 Å². The zero-order chi connectivity index (χ0) is 55.3. The molecular formula is C64H93FN8O4. The van der Waals surface area contributed by atoms with Gasteiger partial charge in [-0.3, -0.25) is 4.90 Å². The Hall–Kier alpha value is -5.23. The van der Waals surface area contributed by atoms with E-state index in [0.717, 1.165) is 108 Å². The normalized spacial score (nSPS) is 25.5. The Kier molecular flexibility index (Phi) is 20.9. The number of ether oxygens (including phenoxy) is 3. The van der Waals surface area contributed by atoms with Crippen LogP contribution in [-0.2, 0) is 0 Å². The van der Waals surface area contributed by atoms with Crippen LogP contribution in [0.5, 0.6) is 17.2 Å². The molecule has 9 heterocycles. The van der Waals surface area contributed by atoms with Crippen LogP contribution in [0.25, 0.3) is 0 Å². The fraction of sp³-hybridized carbons (Fsp3) is 0.656. The van der Waals surface area contributed by atoms with Crippen molar-refractivity contribution in [2.75, 3.05) is 113 Å². The molecule has 12 rings (SSSR count). The number of aliphatic hydroxyl groups is 1. The van der Waals surface area contributed by atoms with Crippen LogP contribution in [0.2, 0.25) is 0 Å². The van der Waals surface area contributed by atoms with Gasteiger partial charge in [0.05, 0.1) is 44.5 Å². The highest BCUT2D eigenvalue weighted by molar-refractivity contribution is 5.54. The van der Waals surface area contributed by atoms with E-state index in [0.29, 0.717) is 73.9 Å². The zero-order valence-electron chi connectivity index (χ0n) is 48.4. The van der Waals surface area contributed by atoms with E-state index >= 15 is 0 Å². The molecule has 0 radical (unpaired) electrons. The molecule has 7 unspecified atom stereocenters. The van der Waals surface area contributed by atoms with Crippen LogP contribution in [0.3, 0.4) is 0 Å². The van der Waals surface area contributed by atoms with E-state index < -0.39 is 6.10 Å². The van der Waals surface area contributed by atoms with Gasteiger partial charge in [-0.25, -0.2) is 4.39 Å². The average Bonchev–Trinajstić information content (AvgIpc) is 3.93. The molecule has 7 atom stereocenters. The Morgan fingerprint density at radius 3 is 1.40 bits per heavy atom. The predicted octanol–water partition coefficient (Wildman–Crippen LogP) is 11.0. The van der Waals surface area contributed by atoms with Gasteiger partial charge in [0.2, 0.25) is 0 Å². The number of anilines is 3. The highest BCUT2D eigenvalue weighted by Crippen LogP contribution is 2.46. The van der Waals surface area contributed by atoms with Crippen LogP contribution in [0.4, 0.5) is 21.5 Å². The van der Waals surface area contributed by atoms with Crippen molar-refractivity contribution >= 4 is 17.1 Å². The van der Waals surface area contributed by atoms with E-state index in [1.807, 2.05) is 26.8 Å². The lowest BCUT2D eigenvalue weighted by Crippen LogP contribution is -2.54. The lowest BCUT2D eigenvalue weighted by atomic mass is 9.73. The minimum atomic E-state index is -0.556. The third kappa shape index (κ3) is 15.5. The van der Waals surface area contributed by atoms with Crippen molar-refractivity contribution in [1.82, 2.24) is 14.7 Å². The largest absolute Gasteiger partial charge is 0.494 e. The number of hydrogen-bond acceptors (Lipinski definition) is 12. The van der Waals surface area contributed by atoms with Gasteiger partial charge in [0.25, 0.3) is 0 Å². The highest BCUT2D eigenvalue weighted by atomic mass is 19.1. The Labute approximate surface area is 463 Å². The molecule has 0 aromatic heterocycles. The van der Waals surface area contributed by atoms with E-state index in [1.54, 1.807) is 12.1 Å². The average molecular weight is 1060 g/mol. The maximum Gasteiger partial charge on any atom is 0.167 e. The van der Waals surface area contributed by atoms with E-state index in [4.69, 9.17) is 31.2 Å². The number of fused-ring (bicyclic) bond motifs is 12. The lowest BCUT2D eigenvalue weighted by Gasteiger charge is -2.48. The molecule has 420 valence electrons. The molecule has 12 nitrogen and oxygen atoms in total. The van der Waals surface area contributed by atoms with Gasteiger partial charge in [-0.05, 0) is 161 Å². The molecule has 13 heteroatoms. The Bertz CT molecular complexity index is 2450. The molecule has 0 aliphatic carbocycles. The van der Waals surface area contributed by atoms with Crippen molar-refractivity contribution in [2.45, 2.75) is 138 Å². The number of halogens is 1. The number of terminal acetylenes is 1. The number of rotatable bonds is 18. The Balaban J connectivity index is 0.000000168. The van der Waals surface area contributed by atoms with Crippen molar-refractivity contribution < 1.29 is 23.7 Å². The summed E-state index contributed by atoms with van der Waals surface area (Å²) >= 11 is 0. The molecule has 77 heavy (non-hydrogen) atoms. The molecule has 0 saturated carbocycles. The minimum absolute atomic E-state index is 0.183. The first kappa shape index (κ1) is 59.4. The number of nitriles is 2. The monoisotopic (exact) mass is 1060 g/mol. The van der Waals surface area contributed by atoms with Crippen molar-refractivity contribution in [3.8, 4) is 41.7 Å². The van der Waals surface area contributed by atoms with Crippen LogP contribution < -0.4 is 28.9 Å². The number of aliphatic hydroxyl groups excluding tert-OH is 1. The third-order valence-electron chi connectivity index (χ3n) is 17.3. The van der Waals surface area contributed by atoms with E-state index in [1.165, 1.54) is 37.2 Å². The van der Waals surface area contributed by atoms with Crippen molar-refractivity contribution in [3.63, 3.8) is 0 Å². The second kappa shape index (κ2) is 27.1. The van der Waals surface area contributed by atoms with Crippen LogP contribution in [0.1, 0.15) is 114 Å². The van der Waals surface area contributed by atoms with Gasteiger partial charge in [0.1, 0.15) is 11.5 Å². The molecule has 9 saturated heterocycles. The molecular weight excluding hydrogens is 964 g/mol. The SMILES string of the molecule is C#CCCCN1CC2CN(c3ccc(OCC)cc3)C(C1)C(C)(C)C2.CCOc1ccc(N2CC3CN(CC(O)CC#N)CC2C(C)(C)C3)cc1.CCOc1ccc(N2CC3CN(CCCC#N)CC2C(C)(C)C3)cc1F. The molecule has 3 aromatic rings. The number of nitrogens with zero attached hydrogens (tertiary/aromatic N) is 8. The van der Waals surface area contributed by atoms with Crippen LogP contribution in [0.15, 0.2) is 66.7 Å². The first-order chi connectivity index (χ1) is 36.9. The molecule has 1 N–H and O–H groups in total. The summed E-state index contributed by atoms with van der Waals surface area (Å²) < 4.78 is 31.0. The van der Waals surface area contributed by atoms with Gasteiger partial charge in [-0.2, -0.15) is 10.5 Å². The summed E-state index contributed by atoms with van der Waals surface area (Å²) in [7, 11) is 0. The summed E-state index contributed by atoms with van der Waals surface area (Å²) in [4.78, 5) is 15.1. The van der Waals surface area contributed by atoms with Crippen LogP contribution >= 0.6 is 0 Å². The summed E-state index contributed by atoms with van der Waals surface area (Å²) in [6.45, 7) is 34.2. The molecule has 6 bridgehead atoms. The summed E-state index contributed by atoms with van der Waals surface area (Å²) in [6.07, 6.45) is 12.3. The lowest BCUT2D eigenvalue weighted by molar-refractivity contribution is 0.112. The second-order valence-corrected chi connectivity index (χ2v) is 24.9. The highest BCUT2D eigenvalue weighted by Gasteiger charge is 2.48. The fourth-order valence-electron chi connectivity index (χ4n) is 14.1. The molecule has 9 fully saturated rings. The number of hydrogen-bond donors (Lipinski definition) is 1. The zero-order valence-corrected chi connectivity index (χ0v) is 48.4. The number of benzene rings is 3. The molecule has 0 spiro atoms. The summed E-state index contributed by atoms with van der Waals surface area (Å²) in [5, 5.41) is 27.7. The van der Waals surface area contributed by atoms with Crippen molar-refractivity contribution in [3.05, 3.63) is 72.5 Å². The number of piperidine rings is 3. The standard InChI is InChI=1S/C22H32N2O.C21H30FN3O.C21H31N3O2/c1-5-7-8-13-23-15-18-14-22(3,4)21(17-23)24(16-18)19-9-11-20(12-10-19)25-6-2;1-4-26-19-8-7-17(11-18(19)22)25-14-16-12-21(2,3)20(25)15-24(13-16)10-6-5-9-23;1-4-26-19-7-5-17(6-8-19)24-13-16-11-21(2,3)20(24)15-23(12-16)14-18(25)9-10-22/h1,9-12,18,21H,6-8,13-17H2,2-4H3;7-8,11,16,20H,4-6,10,12-15H2,1-3H3;5-8,16,18,20,25H,4,9,11-15H2,1-3H3. The van der Waals surface area contributed by atoms with Gasteiger partial charge >= 0.3 is 0 Å². The van der Waals surface area contributed by atoms with E-state index in [2.05, 4.69) is 138 Å². The third-order valence-corrected chi connectivity index (χ3v) is 17.3. The molecule has 0 amide bonds. The quantitative estimate of drug-likeness (QED) is 0.0966. The van der Waals surface area contributed by atoms with Gasteiger partial charge in [0, 0.05) is 120 Å². The Morgan fingerprint density at radius 2 is 0.987 bits per heavy atom. The van der Waals surface area contributed by atoms with E-state index in [-0.39, 0.29) is 23.1 Å². The number of unbranched alkanes of at least 4 members (excludes halogenated alkanes) is 2. The molecule has 9 aliphatic rings. The first-order valence-electron chi connectivity index (χ1n) is 29.1. The molecule has 3 aromatic carbocycles. The topological polar surface area (TPSA) is 115 Å². The van der Waals surface area contributed by atoms with Gasteiger partial charge in [-0.1, -0.05) is 41.5 Å². The Morgan fingerprint density at radius 1 is 0.571 bits per heavy atom. The first-order valence-corrected chi connectivity index (χ1v) is 29.1. The van der Waals surface area contributed by atoms with Crippen molar-refractivity contribution in [1.29, 1.82) is 10.5 Å². The van der Waals surface area contributed by atoms with Gasteiger partial charge in [-0.15, -0.1) is 12.3 Å². The van der Waals surface area contributed by atoms with Crippen LogP contribution in [-0.4, -0.2) is 142 Å².